The average molecular weight is 222 g/mol. The van der Waals surface area contributed by atoms with Gasteiger partial charge in [-0.3, -0.25) is 0 Å². The van der Waals surface area contributed by atoms with Crippen LogP contribution in [-0.2, 0) is 11.3 Å². The molecule has 88 valence electrons. The normalized spacial score (nSPS) is 29.5. The molecule has 2 N–H and O–H groups in total. The number of ether oxygens (including phenoxy) is 1. The quantitative estimate of drug-likeness (QED) is 0.808. The van der Waals surface area contributed by atoms with Gasteiger partial charge >= 0.3 is 0 Å². The third-order valence-electron chi connectivity index (χ3n) is 3.17. The van der Waals surface area contributed by atoms with Gasteiger partial charge in [0.25, 0.3) is 0 Å². The van der Waals surface area contributed by atoms with E-state index in [0.717, 1.165) is 5.56 Å². The molecular formula is C13H18O3. The van der Waals surface area contributed by atoms with Crippen molar-refractivity contribution in [3.05, 3.63) is 35.9 Å². The van der Waals surface area contributed by atoms with Crippen LogP contribution in [0.1, 0.15) is 18.4 Å². The fourth-order valence-corrected chi connectivity index (χ4v) is 2.14. The van der Waals surface area contributed by atoms with Crippen molar-refractivity contribution in [2.24, 2.45) is 5.92 Å². The van der Waals surface area contributed by atoms with Crippen LogP contribution in [0.3, 0.4) is 0 Å². The van der Waals surface area contributed by atoms with Crippen LogP contribution >= 0.6 is 0 Å². The van der Waals surface area contributed by atoms with Crippen LogP contribution in [0.4, 0.5) is 0 Å². The van der Waals surface area contributed by atoms with Crippen molar-refractivity contribution < 1.29 is 14.9 Å². The highest BCUT2D eigenvalue weighted by Gasteiger charge is 2.33. The third kappa shape index (κ3) is 2.82. The second kappa shape index (κ2) is 5.43. The molecule has 0 radical (unpaired) electrons. The Morgan fingerprint density at radius 1 is 1.06 bits per heavy atom. The van der Waals surface area contributed by atoms with Crippen LogP contribution in [0.2, 0.25) is 0 Å². The number of aliphatic hydroxyl groups is 2. The van der Waals surface area contributed by atoms with Crippen molar-refractivity contribution in [1.29, 1.82) is 0 Å². The van der Waals surface area contributed by atoms with E-state index in [1.165, 1.54) is 0 Å². The van der Waals surface area contributed by atoms with Gasteiger partial charge in [0.1, 0.15) is 0 Å². The third-order valence-corrected chi connectivity index (χ3v) is 3.17. The van der Waals surface area contributed by atoms with E-state index >= 15 is 0 Å². The number of benzene rings is 1. The van der Waals surface area contributed by atoms with E-state index in [0.29, 0.717) is 26.1 Å². The molecule has 1 saturated carbocycles. The van der Waals surface area contributed by atoms with E-state index in [1.807, 2.05) is 30.3 Å². The van der Waals surface area contributed by atoms with Gasteiger partial charge in [-0.1, -0.05) is 30.3 Å². The monoisotopic (exact) mass is 222 g/mol. The summed E-state index contributed by atoms with van der Waals surface area (Å²) in [7, 11) is 0. The van der Waals surface area contributed by atoms with Crippen molar-refractivity contribution in [1.82, 2.24) is 0 Å². The van der Waals surface area contributed by atoms with Crippen molar-refractivity contribution >= 4 is 0 Å². The molecule has 1 fully saturated rings. The molecule has 0 aliphatic heterocycles. The van der Waals surface area contributed by atoms with Crippen molar-refractivity contribution in [3.63, 3.8) is 0 Å². The van der Waals surface area contributed by atoms with Crippen LogP contribution in [0, 0.1) is 5.92 Å². The second-order valence-corrected chi connectivity index (χ2v) is 4.38. The van der Waals surface area contributed by atoms with Crippen LogP contribution in [0.15, 0.2) is 30.3 Å². The molecule has 1 unspecified atom stereocenters. The summed E-state index contributed by atoms with van der Waals surface area (Å²) >= 11 is 0. The maximum Gasteiger partial charge on any atom is 0.0717 e. The molecular weight excluding hydrogens is 204 g/mol. The van der Waals surface area contributed by atoms with Gasteiger partial charge in [-0.25, -0.2) is 0 Å². The van der Waals surface area contributed by atoms with Crippen molar-refractivity contribution in [3.8, 4) is 0 Å². The van der Waals surface area contributed by atoms with E-state index in [-0.39, 0.29) is 5.92 Å². The number of rotatable bonds is 4. The molecule has 0 saturated heterocycles. The zero-order valence-electron chi connectivity index (χ0n) is 9.25. The van der Waals surface area contributed by atoms with E-state index in [1.54, 1.807) is 0 Å². The van der Waals surface area contributed by atoms with E-state index < -0.39 is 12.2 Å². The Balaban J connectivity index is 1.76. The largest absolute Gasteiger partial charge is 0.393 e. The van der Waals surface area contributed by atoms with Gasteiger partial charge in [-0.2, -0.15) is 0 Å². The number of aliphatic hydroxyl groups excluding tert-OH is 2. The standard InChI is InChI=1S/C13H18O3/c14-12-6-7-13(15)11(12)9-16-8-10-4-2-1-3-5-10/h1-5,11-15H,6-9H2/t11-,12+,13?/m0/s1. The fourth-order valence-electron chi connectivity index (χ4n) is 2.14. The smallest absolute Gasteiger partial charge is 0.0717 e. The highest BCUT2D eigenvalue weighted by molar-refractivity contribution is 5.13. The molecule has 0 heterocycles. The molecule has 1 aromatic rings. The van der Waals surface area contributed by atoms with Gasteiger partial charge < -0.3 is 14.9 Å². The number of hydrogen-bond acceptors (Lipinski definition) is 3. The Morgan fingerprint density at radius 3 is 2.31 bits per heavy atom. The summed E-state index contributed by atoms with van der Waals surface area (Å²) in [5, 5.41) is 19.2. The average Bonchev–Trinajstić information content (AvgIpc) is 2.62. The maximum atomic E-state index is 9.62. The lowest BCUT2D eigenvalue weighted by molar-refractivity contribution is -0.00728. The Bertz CT molecular complexity index is 302. The summed E-state index contributed by atoms with van der Waals surface area (Å²) < 4.78 is 5.52. The molecule has 3 nitrogen and oxygen atoms in total. The first-order valence-corrected chi connectivity index (χ1v) is 5.75. The molecule has 1 aromatic carbocycles. The molecule has 0 spiro atoms. The number of hydrogen-bond donors (Lipinski definition) is 2. The molecule has 16 heavy (non-hydrogen) atoms. The molecule has 1 aliphatic rings. The maximum absolute atomic E-state index is 9.62. The van der Waals surface area contributed by atoms with Crippen LogP contribution < -0.4 is 0 Å². The first-order valence-electron chi connectivity index (χ1n) is 5.75. The van der Waals surface area contributed by atoms with E-state index in [4.69, 9.17) is 4.74 Å². The van der Waals surface area contributed by atoms with E-state index in [2.05, 4.69) is 0 Å². The first-order chi connectivity index (χ1) is 7.77. The summed E-state index contributed by atoms with van der Waals surface area (Å²) in [6.07, 6.45) is 0.540. The minimum absolute atomic E-state index is 0.122. The highest BCUT2D eigenvalue weighted by atomic mass is 16.5. The Kier molecular flexibility index (Phi) is 3.93. The summed E-state index contributed by atoms with van der Waals surface area (Å²) in [6, 6.07) is 9.91. The van der Waals surface area contributed by atoms with Crippen LogP contribution in [0.5, 0.6) is 0 Å². The van der Waals surface area contributed by atoms with Crippen molar-refractivity contribution in [2.45, 2.75) is 31.7 Å². The summed E-state index contributed by atoms with van der Waals surface area (Å²) in [4.78, 5) is 0. The summed E-state index contributed by atoms with van der Waals surface area (Å²) in [5.74, 6) is -0.122. The van der Waals surface area contributed by atoms with Gasteiger partial charge in [-0.15, -0.1) is 0 Å². The Labute approximate surface area is 95.7 Å². The molecule has 0 amide bonds. The van der Waals surface area contributed by atoms with E-state index in [9.17, 15) is 10.2 Å². The van der Waals surface area contributed by atoms with Gasteiger partial charge in [-0.05, 0) is 18.4 Å². The lowest BCUT2D eigenvalue weighted by Gasteiger charge is -2.17. The summed E-state index contributed by atoms with van der Waals surface area (Å²) in [5.41, 5.74) is 1.12. The SMILES string of the molecule is OC1CC[C@@H](O)[C@@H]1COCc1ccccc1. The first kappa shape index (κ1) is 11.6. The zero-order chi connectivity index (χ0) is 11.4. The molecule has 0 bridgehead atoms. The minimum Gasteiger partial charge on any atom is -0.393 e. The predicted octanol–water partition coefficient (Wildman–Crippen LogP) is 1.33. The lowest BCUT2D eigenvalue weighted by Crippen LogP contribution is -2.27. The molecule has 1 aliphatic carbocycles. The minimum atomic E-state index is -0.411. The topological polar surface area (TPSA) is 49.7 Å². The molecule has 2 rings (SSSR count). The Hall–Kier alpha value is -0.900. The predicted molar refractivity (Wildman–Crippen MR) is 60.8 cm³/mol. The van der Waals surface area contributed by atoms with Gasteiger partial charge in [0.15, 0.2) is 0 Å². The van der Waals surface area contributed by atoms with Gasteiger partial charge in [0.05, 0.1) is 25.4 Å². The Morgan fingerprint density at radius 2 is 1.69 bits per heavy atom. The second-order valence-electron chi connectivity index (χ2n) is 4.38. The zero-order valence-corrected chi connectivity index (χ0v) is 9.25. The fraction of sp³-hybridized carbons (Fsp3) is 0.538. The van der Waals surface area contributed by atoms with Gasteiger partial charge in [0.2, 0.25) is 0 Å². The molecule has 3 heteroatoms. The van der Waals surface area contributed by atoms with Gasteiger partial charge in [0, 0.05) is 5.92 Å². The summed E-state index contributed by atoms with van der Waals surface area (Å²) in [6.45, 7) is 0.966. The van der Waals surface area contributed by atoms with Crippen LogP contribution in [-0.4, -0.2) is 29.0 Å². The molecule has 3 atom stereocenters. The highest BCUT2D eigenvalue weighted by Crippen LogP contribution is 2.26. The lowest BCUT2D eigenvalue weighted by atomic mass is 10.1. The molecule has 0 aromatic heterocycles. The van der Waals surface area contributed by atoms with Crippen molar-refractivity contribution in [2.75, 3.05) is 6.61 Å². The van der Waals surface area contributed by atoms with Crippen LogP contribution in [0.25, 0.3) is 0 Å².